The molecule has 1 N–H and O–H groups in total. The zero-order chi connectivity index (χ0) is 20.7. The first-order chi connectivity index (χ1) is 14.1. The lowest BCUT2D eigenvalue weighted by Crippen LogP contribution is -2.49. The van der Waals surface area contributed by atoms with E-state index in [1.165, 1.54) is 0 Å². The number of esters is 1. The number of rotatable bonds is 6. The monoisotopic (exact) mass is 404 g/mol. The number of carbonyl (C=O) groups is 2. The maximum atomic E-state index is 12.8. The van der Waals surface area contributed by atoms with E-state index in [0.717, 1.165) is 31.6 Å². The number of piperidine rings is 1. The van der Waals surface area contributed by atoms with E-state index in [4.69, 9.17) is 14.2 Å². The molecule has 0 aliphatic carbocycles. The van der Waals surface area contributed by atoms with Crippen LogP contribution in [0.5, 0.6) is 5.75 Å². The van der Waals surface area contributed by atoms with Gasteiger partial charge in [0.25, 0.3) is 0 Å². The third-order valence-corrected chi connectivity index (χ3v) is 5.95. The van der Waals surface area contributed by atoms with Gasteiger partial charge in [-0.15, -0.1) is 0 Å². The molecule has 1 unspecified atom stereocenters. The number of hydrogen-bond acceptors (Lipinski definition) is 5. The number of anilines is 1. The second-order valence-electron chi connectivity index (χ2n) is 7.84. The molecule has 2 fully saturated rings. The first-order valence-electron chi connectivity index (χ1n) is 10.5. The molecule has 2 aliphatic heterocycles. The summed E-state index contributed by atoms with van der Waals surface area (Å²) in [5.74, 6) is 0.592. The molecule has 1 atom stereocenters. The molecular weight excluding hydrogens is 372 g/mol. The van der Waals surface area contributed by atoms with Gasteiger partial charge >= 0.3 is 12.0 Å². The average molecular weight is 405 g/mol. The summed E-state index contributed by atoms with van der Waals surface area (Å²) in [6, 6.07) is 7.08. The maximum Gasteiger partial charge on any atom is 0.321 e. The van der Waals surface area contributed by atoms with E-state index in [9.17, 15) is 9.59 Å². The Labute approximate surface area is 172 Å². The number of likely N-dealkylation sites (tertiary alicyclic amines) is 1. The number of ether oxygens (including phenoxy) is 3. The zero-order valence-corrected chi connectivity index (χ0v) is 17.4. The van der Waals surface area contributed by atoms with Crippen molar-refractivity contribution in [1.29, 1.82) is 0 Å². The molecule has 3 rings (SSSR count). The van der Waals surface area contributed by atoms with Crippen molar-refractivity contribution in [1.82, 2.24) is 4.90 Å². The summed E-state index contributed by atoms with van der Waals surface area (Å²) in [4.78, 5) is 27.2. The van der Waals surface area contributed by atoms with Gasteiger partial charge in [0.2, 0.25) is 0 Å². The molecule has 0 saturated carbocycles. The average Bonchev–Trinajstić information content (AvgIpc) is 2.75. The van der Waals surface area contributed by atoms with E-state index in [-0.39, 0.29) is 18.1 Å². The molecule has 0 spiro atoms. The summed E-state index contributed by atoms with van der Waals surface area (Å²) in [5, 5.41) is 2.92. The molecule has 0 aromatic heterocycles. The summed E-state index contributed by atoms with van der Waals surface area (Å²) in [7, 11) is 1.61. The minimum atomic E-state index is -0.561. The third kappa shape index (κ3) is 5.41. The molecule has 1 aromatic carbocycles. The van der Waals surface area contributed by atoms with E-state index < -0.39 is 5.41 Å². The molecule has 7 nitrogen and oxygen atoms in total. The molecule has 2 heterocycles. The lowest BCUT2D eigenvalue weighted by Gasteiger charge is -2.42. The van der Waals surface area contributed by atoms with Gasteiger partial charge in [0.1, 0.15) is 5.75 Å². The van der Waals surface area contributed by atoms with E-state index >= 15 is 0 Å². The van der Waals surface area contributed by atoms with Crippen LogP contribution in [0.3, 0.4) is 0 Å². The Morgan fingerprint density at radius 2 is 1.93 bits per heavy atom. The van der Waals surface area contributed by atoms with Crippen LogP contribution in [0, 0.1) is 5.41 Å². The summed E-state index contributed by atoms with van der Waals surface area (Å²) in [6.07, 6.45) is 5.20. The fraction of sp³-hybridized carbons (Fsp3) is 0.636. The SMILES string of the molecule is CCOC(=O)C1(CC2CCCCO2)CCN(C(=O)Nc2ccc(OC)cc2)CC1. The van der Waals surface area contributed by atoms with Crippen molar-refractivity contribution in [2.75, 3.05) is 38.7 Å². The van der Waals surface area contributed by atoms with Gasteiger partial charge < -0.3 is 24.4 Å². The van der Waals surface area contributed by atoms with Crippen molar-refractivity contribution in [3.05, 3.63) is 24.3 Å². The van der Waals surface area contributed by atoms with Crippen molar-refractivity contribution in [2.24, 2.45) is 5.41 Å². The van der Waals surface area contributed by atoms with E-state index in [0.29, 0.717) is 44.6 Å². The Kier molecular flexibility index (Phi) is 7.36. The van der Waals surface area contributed by atoms with Gasteiger partial charge in [0.05, 0.1) is 25.2 Å². The molecule has 29 heavy (non-hydrogen) atoms. The van der Waals surface area contributed by atoms with Crippen LogP contribution in [-0.4, -0.2) is 56.4 Å². The van der Waals surface area contributed by atoms with Gasteiger partial charge in [-0.3, -0.25) is 4.79 Å². The minimum absolute atomic E-state index is 0.104. The van der Waals surface area contributed by atoms with Crippen LogP contribution in [0.25, 0.3) is 0 Å². The summed E-state index contributed by atoms with van der Waals surface area (Å²) in [6.45, 7) is 4.01. The number of nitrogens with zero attached hydrogens (tertiary/aromatic N) is 1. The van der Waals surface area contributed by atoms with Gasteiger partial charge in [-0.25, -0.2) is 4.79 Å². The molecule has 0 radical (unpaired) electrons. The second-order valence-corrected chi connectivity index (χ2v) is 7.84. The quantitative estimate of drug-likeness (QED) is 0.729. The lowest BCUT2D eigenvalue weighted by atomic mass is 9.73. The summed E-state index contributed by atoms with van der Waals surface area (Å²) < 4.78 is 16.5. The highest BCUT2D eigenvalue weighted by Crippen LogP contribution is 2.40. The predicted molar refractivity (Wildman–Crippen MR) is 110 cm³/mol. The predicted octanol–water partition coefficient (Wildman–Crippen LogP) is 3.83. The van der Waals surface area contributed by atoms with Crippen LogP contribution in [0.1, 0.15) is 45.4 Å². The summed E-state index contributed by atoms with van der Waals surface area (Å²) >= 11 is 0. The standard InChI is InChI=1S/C22H32N2O5/c1-3-28-20(25)22(16-19-6-4-5-15-29-19)11-13-24(14-12-22)21(26)23-17-7-9-18(27-2)10-8-17/h7-10,19H,3-6,11-16H2,1-2H3,(H,23,26). The van der Waals surface area contributed by atoms with Crippen molar-refractivity contribution in [2.45, 2.75) is 51.6 Å². The van der Waals surface area contributed by atoms with E-state index in [1.807, 2.05) is 31.2 Å². The van der Waals surface area contributed by atoms with Crippen LogP contribution in [0.15, 0.2) is 24.3 Å². The van der Waals surface area contributed by atoms with Crippen LogP contribution < -0.4 is 10.1 Å². The molecule has 7 heteroatoms. The number of benzene rings is 1. The Morgan fingerprint density at radius 3 is 2.52 bits per heavy atom. The zero-order valence-electron chi connectivity index (χ0n) is 17.4. The van der Waals surface area contributed by atoms with E-state index in [2.05, 4.69) is 5.32 Å². The Hall–Kier alpha value is -2.28. The molecular formula is C22H32N2O5. The highest BCUT2D eigenvalue weighted by molar-refractivity contribution is 5.89. The highest BCUT2D eigenvalue weighted by atomic mass is 16.5. The smallest absolute Gasteiger partial charge is 0.321 e. The second kappa shape index (κ2) is 9.96. The van der Waals surface area contributed by atoms with Gasteiger partial charge in [-0.2, -0.15) is 0 Å². The van der Waals surface area contributed by atoms with Crippen LogP contribution in [0.2, 0.25) is 0 Å². The third-order valence-electron chi connectivity index (χ3n) is 5.95. The number of carbonyl (C=O) groups excluding carboxylic acids is 2. The maximum absolute atomic E-state index is 12.8. The number of methoxy groups -OCH3 is 1. The Bertz CT molecular complexity index is 677. The molecule has 2 aliphatic rings. The Balaban J connectivity index is 1.60. The number of urea groups is 1. The highest BCUT2D eigenvalue weighted by Gasteiger charge is 2.45. The first-order valence-corrected chi connectivity index (χ1v) is 10.5. The fourth-order valence-electron chi connectivity index (χ4n) is 4.19. The molecule has 0 bridgehead atoms. The molecule has 160 valence electrons. The largest absolute Gasteiger partial charge is 0.497 e. The van der Waals surface area contributed by atoms with Gasteiger partial charge in [-0.1, -0.05) is 0 Å². The van der Waals surface area contributed by atoms with Gasteiger partial charge in [0, 0.05) is 25.4 Å². The Morgan fingerprint density at radius 1 is 1.21 bits per heavy atom. The van der Waals surface area contributed by atoms with Crippen LogP contribution >= 0.6 is 0 Å². The number of amides is 2. The first kappa shape index (κ1) is 21.4. The lowest BCUT2D eigenvalue weighted by molar-refractivity contribution is -0.162. The van der Waals surface area contributed by atoms with Crippen molar-refractivity contribution >= 4 is 17.7 Å². The fourth-order valence-corrected chi connectivity index (χ4v) is 4.19. The van der Waals surface area contributed by atoms with Gasteiger partial charge in [0.15, 0.2) is 0 Å². The van der Waals surface area contributed by atoms with Crippen LogP contribution in [0.4, 0.5) is 10.5 Å². The van der Waals surface area contributed by atoms with Crippen molar-refractivity contribution in [3.8, 4) is 5.75 Å². The topological polar surface area (TPSA) is 77.1 Å². The molecule has 2 amide bonds. The number of nitrogens with one attached hydrogen (secondary N) is 1. The molecule has 1 aromatic rings. The normalized spacial score (nSPS) is 21.3. The van der Waals surface area contributed by atoms with Crippen LogP contribution in [-0.2, 0) is 14.3 Å². The molecule has 2 saturated heterocycles. The van der Waals surface area contributed by atoms with Crippen molar-refractivity contribution < 1.29 is 23.8 Å². The summed E-state index contributed by atoms with van der Waals surface area (Å²) in [5.41, 5.74) is 0.156. The van der Waals surface area contributed by atoms with Gasteiger partial charge in [-0.05, 0) is 69.7 Å². The number of hydrogen-bond donors (Lipinski definition) is 1. The minimum Gasteiger partial charge on any atom is -0.497 e. The van der Waals surface area contributed by atoms with Crippen molar-refractivity contribution in [3.63, 3.8) is 0 Å². The van der Waals surface area contributed by atoms with E-state index in [1.54, 1.807) is 12.0 Å².